The van der Waals surface area contributed by atoms with E-state index in [2.05, 4.69) is 30.9 Å². The van der Waals surface area contributed by atoms with E-state index < -0.39 is 0 Å². The van der Waals surface area contributed by atoms with E-state index in [4.69, 9.17) is 4.52 Å². The largest absolute Gasteiger partial charge is 0.336 e. The van der Waals surface area contributed by atoms with Gasteiger partial charge >= 0.3 is 0 Å². The molecule has 0 aromatic carbocycles. The molecule has 0 saturated heterocycles. The molecule has 0 N–H and O–H groups in total. The van der Waals surface area contributed by atoms with Gasteiger partial charge in [0, 0.05) is 11.8 Å². The quantitative estimate of drug-likeness (QED) is 0.727. The summed E-state index contributed by atoms with van der Waals surface area (Å²) in [6.45, 7) is 6.39. The lowest BCUT2D eigenvalue weighted by atomic mass is 9.90. The van der Waals surface area contributed by atoms with Crippen molar-refractivity contribution in [1.82, 2.24) is 10.1 Å². The summed E-state index contributed by atoms with van der Waals surface area (Å²) in [6, 6.07) is 1.77. The van der Waals surface area contributed by atoms with Crippen LogP contribution in [0.1, 0.15) is 36.8 Å². The molecule has 0 fully saturated rings. The zero-order valence-corrected chi connectivity index (χ0v) is 9.65. The lowest BCUT2D eigenvalue weighted by Crippen LogP contribution is -2.09. The SMILES string of the molecule is CC(C)(C)Cc1noc2ncc(C=O)cc12. The van der Waals surface area contributed by atoms with E-state index in [1.54, 1.807) is 6.07 Å². The number of hydrogen-bond acceptors (Lipinski definition) is 4. The first-order valence-electron chi connectivity index (χ1n) is 5.19. The molecule has 2 aromatic rings. The van der Waals surface area contributed by atoms with Crippen LogP contribution in [0.2, 0.25) is 0 Å². The van der Waals surface area contributed by atoms with Gasteiger partial charge in [0.25, 0.3) is 5.71 Å². The van der Waals surface area contributed by atoms with Gasteiger partial charge in [0.15, 0.2) is 6.29 Å². The summed E-state index contributed by atoms with van der Waals surface area (Å²) >= 11 is 0. The molecule has 0 saturated carbocycles. The van der Waals surface area contributed by atoms with Crippen LogP contribution in [0.15, 0.2) is 16.8 Å². The minimum absolute atomic E-state index is 0.126. The van der Waals surface area contributed by atoms with Crippen molar-refractivity contribution in [2.24, 2.45) is 5.41 Å². The predicted octanol–water partition coefficient (Wildman–Crippen LogP) is 2.62. The van der Waals surface area contributed by atoms with Crippen molar-refractivity contribution in [2.75, 3.05) is 0 Å². The normalized spacial score (nSPS) is 11.9. The molecule has 0 bridgehead atoms. The molecule has 0 aliphatic rings. The van der Waals surface area contributed by atoms with Crippen LogP contribution in [0, 0.1) is 5.41 Å². The number of hydrogen-bond donors (Lipinski definition) is 0. The van der Waals surface area contributed by atoms with Crippen molar-refractivity contribution >= 4 is 17.4 Å². The number of carbonyl (C=O) groups excluding carboxylic acids is 1. The van der Waals surface area contributed by atoms with Gasteiger partial charge in [-0.3, -0.25) is 4.79 Å². The maximum absolute atomic E-state index is 10.7. The van der Waals surface area contributed by atoms with E-state index in [0.29, 0.717) is 11.3 Å². The van der Waals surface area contributed by atoms with Crippen molar-refractivity contribution in [3.05, 3.63) is 23.5 Å². The highest BCUT2D eigenvalue weighted by Crippen LogP contribution is 2.25. The molecule has 0 atom stereocenters. The summed E-state index contributed by atoms with van der Waals surface area (Å²) in [6.07, 6.45) is 3.06. The second-order valence-electron chi connectivity index (χ2n) is 5.11. The van der Waals surface area contributed by atoms with Crippen LogP contribution in [0.25, 0.3) is 11.1 Å². The summed E-state index contributed by atoms with van der Waals surface area (Å²) in [5.74, 6) is 0. The number of nitrogens with zero attached hydrogens (tertiary/aromatic N) is 2. The molecule has 2 rings (SSSR count). The number of fused-ring (bicyclic) bond motifs is 1. The average molecular weight is 218 g/mol. The highest BCUT2D eigenvalue weighted by molar-refractivity contribution is 5.84. The molecule has 84 valence electrons. The van der Waals surface area contributed by atoms with Crippen molar-refractivity contribution < 1.29 is 9.32 Å². The van der Waals surface area contributed by atoms with Gasteiger partial charge in [0.1, 0.15) is 0 Å². The summed E-state index contributed by atoms with van der Waals surface area (Å²) in [5.41, 5.74) is 2.02. The van der Waals surface area contributed by atoms with Gasteiger partial charge in [-0.25, -0.2) is 4.98 Å². The van der Waals surface area contributed by atoms with Crippen LogP contribution < -0.4 is 0 Å². The molecule has 0 aliphatic carbocycles. The van der Waals surface area contributed by atoms with E-state index in [-0.39, 0.29) is 5.41 Å². The summed E-state index contributed by atoms with van der Waals surface area (Å²) in [5, 5.41) is 4.84. The van der Waals surface area contributed by atoms with E-state index in [1.807, 2.05) is 0 Å². The van der Waals surface area contributed by atoms with Crippen LogP contribution in [-0.4, -0.2) is 16.4 Å². The van der Waals surface area contributed by atoms with Crippen molar-refractivity contribution in [2.45, 2.75) is 27.2 Å². The number of carbonyl (C=O) groups is 1. The Hall–Kier alpha value is -1.71. The van der Waals surface area contributed by atoms with Gasteiger partial charge in [-0.15, -0.1) is 0 Å². The molecule has 0 radical (unpaired) electrons. The lowest BCUT2D eigenvalue weighted by molar-refractivity contribution is 0.112. The fourth-order valence-corrected chi connectivity index (χ4v) is 1.59. The molecule has 0 amide bonds. The Morgan fingerprint density at radius 3 is 2.81 bits per heavy atom. The molecule has 0 unspecified atom stereocenters. The molecular formula is C12H14N2O2. The smallest absolute Gasteiger partial charge is 0.257 e. The van der Waals surface area contributed by atoms with E-state index in [0.717, 1.165) is 23.8 Å². The van der Waals surface area contributed by atoms with Gasteiger partial charge in [-0.1, -0.05) is 25.9 Å². The fraction of sp³-hybridized carbons (Fsp3) is 0.417. The zero-order valence-electron chi connectivity index (χ0n) is 9.65. The first-order chi connectivity index (χ1) is 7.49. The fourth-order valence-electron chi connectivity index (χ4n) is 1.59. The van der Waals surface area contributed by atoms with Gasteiger partial charge in [0.2, 0.25) is 0 Å². The minimum Gasteiger partial charge on any atom is -0.336 e. The Kier molecular flexibility index (Phi) is 2.50. The second kappa shape index (κ2) is 3.70. The molecule has 4 heteroatoms. The zero-order chi connectivity index (χ0) is 11.8. The molecule has 0 aliphatic heterocycles. The van der Waals surface area contributed by atoms with Gasteiger partial charge in [-0.2, -0.15) is 0 Å². The Labute approximate surface area is 93.6 Å². The molecule has 4 nitrogen and oxygen atoms in total. The molecule has 2 heterocycles. The van der Waals surface area contributed by atoms with Crippen LogP contribution in [0.5, 0.6) is 0 Å². The third-order valence-corrected chi connectivity index (χ3v) is 2.26. The molecular weight excluding hydrogens is 204 g/mol. The maximum Gasteiger partial charge on any atom is 0.257 e. The maximum atomic E-state index is 10.7. The minimum atomic E-state index is 0.126. The third-order valence-electron chi connectivity index (χ3n) is 2.26. The number of rotatable bonds is 2. The van der Waals surface area contributed by atoms with E-state index in [1.165, 1.54) is 6.20 Å². The second-order valence-corrected chi connectivity index (χ2v) is 5.11. The first-order valence-corrected chi connectivity index (χ1v) is 5.19. The topological polar surface area (TPSA) is 56.0 Å². The summed E-state index contributed by atoms with van der Waals surface area (Å²) < 4.78 is 5.12. The summed E-state index contributed by atoms with van der Waals surface area (Å²) in [4.78, 5) is 14.7. The average Bonchev–Trinajstić information content (AvgIpc) is 2.58. The number of aromatic nitrogens is 2. The lowest BCUT2D eigenvalue weighted by Gasteiger charge is -2.15. The van der Waals surface area contributed by atoms with Crippen molar-refractivity contribution in [3.8, 4) is 0 Å². The van der Waals surface area contributed by atoms with Crippen molar-refractivity contribution in [3.63, 3.8) is 0 Å². The Bertz CT molecular complexity index is 523. The van der Waals surface area contributed by atoms with Crippen LogP contribution in [-0.2, 0) is 6.42 Å². The highest BCUT2D eigenvalue weighted by Gasteiger charge is 2.17. The highest BCUT2D eigenvalue weighted by atomic mass is 16.5. The Balaban J connectivity index is 2.50. The third kappa shape index (κ3) is 2.10. The van der Waals surface area contributed by atoms with E-state index in [9.17, 15) is 4.79 Å². The van der Waals surface area contributed by atoms with Crippen LogP contribution in [0.4, 0.5) is 0 Å². The van der Waals surface area contributed by atoms with Gasteiger partial charge in [-0.05, 0) is 17.9 Å². The van der Waals surface area contributed by atoms with Crippen LogP contribution >= 0.6 is 0 Å². The van der Waals surface area contributed by atoms with Crippen LogP contribution in [0.3, 0.4) is 0 Å². The standard InChI is InChI=1S/C12H14N2O2/c1-12(2,3)5-10-9-4-8(7-15)6-13-11(9)16-14-10/h4,6-7H,5H2,1-3H3. The molecule has 2 aromatic heterocycles. The van der Waals surface area contributed by atoms with Gasteiger partial charge < -0.3 is 4.52 Å². The predicted molar refractivity (Wildman–Crippen MR) is 60.4 cm³/mol. The monoisotopic (exact) mass is 218 g/mol. The molecule has 0 spiro atoms. The number of aldehydes is 1. The first kappa shape index (κ1) is 10.8. The Morgan fingerprint density at radius 2 is 2.19 bits per heavy atom. The Morgan fingerprint density at radius 1 is 1.44 bits per heavy atom. The summed E-state index contributed by atoms with van der Waals surface area (Å²) in [7, 11) is 0. The van der Waals surface area contributed by atoms with E-state index >= 15 is 0 Å². The van der Waals surface area contributed by atoms with Crippen molar-refractivity contribution in [1.29, 1.82) is 0 Å². The number of pyridine rings is 1. The van der Waals surface area contributed by atoms with Gasteiger partial charge in [0.05, 0.1) is 11.1 Å². The molecule has 16 heavy (non-hydrogen) atoms.